The number of ether oxygens (including phenoxy) is 1. The van der Waals surface area contributed by atoms with E-state index in [0.717, 1.165) is 5.69 Å². The van der Waals surface area contributed by atoms with E-state index in [4.69, 9.17) is 10.6 Å². The third-order valence-electron chi connectivity index (χ3n) is 2.26. The molecule has 0 fully saturated rings. The standard InChI is InChI=1S/C10H18N4O/c1-4-15-10(2,3)9(14-11)8-7-12-5-6-13-8/h5-7,9,14H,4,11H2,1-3H3. The predicted molar refractivity (Wildman–Crippen MR) is 57.8 cm³/mol. The molecule has 1 rings (SSSR count). The van der Waals surface area contributed by atoms with Gasteiger partial charge in [-0.05, 0) is 20.8 Å². The molecule has 1 aromatic heterocycles. The summed E-state index contributed by atoms with van der Waals surface area (Å²) in [6, 6.07) is -0.175. The summed E-state index contributed by atoms with van der Waals surface area (Å²) in [6.07, 6.45) is 4.96. The van der Waals surface area contributed by atoms with Crippen LogP contribution in [0, 0.1) is 0 Å². The Morgan fingerprint density at radius 3 is 2.73 bits per heavy atom. The summed E-state index contributed by atoms with van der Waals surface area (Å²) < 4.78 is 5.63. The van der Waals surface area contributed by atoms with Gasteiger partial charge in [-0.1, -0.05) is 0 Å². The third kappa shape index (κ3) is 2.95. The highest BCUT2D eigenvalue weighted by molar-refractivity contribution is 5.07. The normalized spacial score (nSPS) is 13.9. The summed E-state index contributed by atoms with van der Waals surface area (Å²) in [7, 11) is 0. The van der Waals surface area contributed by atoms with Gasteiger partial charge in [-0.15, -0.1) is 0 Å². The van der Waals surface area contributed by atoms with Gasteiger partial charge in [0.25, 0.3) is 0 Å². The molecule has 1 heterocycles. The lowest BCUT2D eigenvalue weighted by Crippen LogP contribution is -2.45. The molecule has 0 bridgehead atoms. The van der Waals surface area contributed by atoms with Crippen LogP contribution in [0.1, 0.15) is 32.5 Å². The molecule has 5 nitrogen and oxygen atoms in total. The second kappa shape index (κ2) is 5.16. The van der Waals surface area contributed by atoms with Crippen LogP contribution in [0.3, 0.4) is 0 Å². The van der Waals surface area contributed by atoms with Crippen LogP contribution in [0.4, 0.5) is 0 Å². The molecule has 15 heavy (non-hydrogen) atoms. The zero-order chi connectivity index (χ0) is 11.3. The minimum atomic E-state index is -0.417. The molecule has 0 aliphatic rings. The Bertz CT molecular complexity index is 289. The zero-order valence-electron chi connectivity index (χ0n) is 9.40. The molecule has 3 N–H and O–H groups in total. The van der Waals surface area contributed by atoms with Crippen LogP contribution in [-0.4, -0.2) is 22.2 Å². The molecule has 84 valence electrons. The topological polar surface area (TPSA) is 73.1 Å². The quantitative estimate of drug-likeness (QED) is 0.555. The molecule has 0 saturated carbocycles. The molecule has 0 aliphatic heterocycles. The first-order valence-electron chi connectivity index (χ1n) is 4.97. The maximum atomic E-state index is 5.63. The van der Waals surface area contributed by atoms with Crippen molar-refractivity contribution in [2.75, 3.05) is 6.61 Å². The van der Waals surface area contributed by atoms with Crippen molar-refractivity contribution in [1.82, 2.24) is 15.4 Å². The van der Waals surface area contributed by atoms with Crippen molar-refractivity contribution in [3.8, 4) is 0 Å². The average molecular weight is 210 g/mol. The van der Waals surface area contributed by atoms with Crippen LogP contribution in [0.5, 0.6) is 0 Å². The largest absolute Gasteiger partial charge is 0.374 e. The number of hydrogen-bond acceptors (Lipinski definition) is 5. The van der Waals surface area contributed by atoms with Crippen LogP contribution >= 0.6 is 0 Å². The highest BCUT2D eigenvalue weighted by atomic mass is 16.5. The molecule has 0 radical (unpaired) electrons. The van der Waals surface area contributed by atoms with Crippen molar-refractivity contribution in [3.05, 3.63) is 24.3 Å². The van der Waals surface area contributed by atoms with Crippen molar-refractivity contribution < 1.29 is 4.74 Å². The van der Waals surface area contributed by atoms with Gasteiger partial charge in [0.15, 0.2) is 0 Å². The molecule has 0 aromatic carbocycles. The molecule has 0 aliphatic carbocycles. The highest BCUT2D eigenvalue weighted by Crippen LogP contribution is 2.26. The molecule has 1 atom stereocenters. The fraction of sp³-hybridized carbons (Fsp3) is 0.600. The number of nitrogens with one attached hydrogen (secondary N) is 1. The van der Waals surface area contributed by atoms with Gasteiger partial charge in [0, 0.05) is 19.0 Å². The Morgan fingerprint density at radius 1 is 1.53 bits per heavy atom. The van der Waals surface area contributed by atoms with Crippen LogP contribution in [0.15, 0.2) is 18.6 Å². The second-order valence-electron chi connectivity index (χ2n) is 3.77. The molecule has 0 amide bonds. The van der Waals surface area contributed by atoms with Crippen molar-refractivity contribution in [2.24, 2.45) is 5.84 Å². The minimum Gasteiger partial charge on any atom is -0.374 e. The number of hydrogen-bond donors (Lipinski definition) is 2. The average Bonchev–Trinajstić information content (AvgIpc) is 2.19. The monoisotopic (exact) mass is 210 g/mol. The maximum absolute atomic E-state index is 5.63. The maximum Gasteiger partial charge on any atom is 0.0931 e. The van der Waals surface area contributed by atoms with Crippen LogP contribution in [0.2, 0.25) is 0 Å². The van der Waals surface area contributed by atoms with Gasteiger partial charge in [-0.2, -0.15) is 0 Å². The van der Waals surface area contributed by atoms with Crippen LogP contribution in [-0.2, 0) is 4.74 Å². The van der Waals surface area contributed by atoms with Crippen molar-refractivity contribution >= 4 is 0 Å². The van der Waals surface area contributed by atoms with E-state index in [1.165, 1.54) is 0 Å². The molecule has 0 saturated heterocycles. The Balaban J connectivity index is 2.89. The van der Waals surface area contributed by atoms with Crippen molar-refractivity contribution in [3.63, 3.8) is 0 Å². The van der Waals surface area contributed by atoms with Gasteiger partial charge in [0.1, 0.15) is 0 Å². The van der Waals surface area contributed by atoms with Crippen LogP contribution in [0.25, 0.3) is 0 Å². The number of nitrogens with zero attached hydrogens (tertiary/aromatic N) is 2. The lowest BCUT2D eigenvalue weighted by Gasteiger charge is -2.32. The molecular formula is C10H18N4O. The van der Waals surface area contributed by atoms with E-state index in [9.17, 15) is 0 Å². The minimum absolute atomic E-state index is 0.175. The highest BCUT2D eigenvalue weighted by Gasteiger charge is 2.31. The number of nitrogens with two attached hydrogens (primary N) is 1. The van der Waals surface area contributed by atoms with Gasteiger partial charge in [-0.25, -0.2) is 5.43 Å². The zero-order valence-corrected chi connectivity index (χ0v) is 9.40. The van der Waals surface area contributed by atoms with Gasteiger partial charge in [0.2, 0.25) is 0 Å². The third-order valence-corrected chi connectivity index (χ3v) is 2.26. The first-order chi connectivity index (χ1) is 7.11. The SMILES string of the molecule is CCOC(C)(C)C(NN)c1cnccn1. The number of hydrazine groups is 1. The van der Waals surface area contributed by atoms with Gasteiger partial charge in [0.05, 0.1) is 23.5 Å². The Hall–Kier alpha value is -1.04. The van der Waals surface area contributed by atoms with Gasteiger partial charge in [-0.3, -0.25) is 15.8 Å². The number of aromatic nitrogens is 2. The molecular weight excluding hydrogens is 192 g/mol. The first-order valence-corrected chi connectivity index (χ1v) is 4.97. The predicted octanol–water partition coefficient (Wildman–Crippen LogP) is 0.796. The van der Waals surface area contributed by atoms with E-state index >= 15 is 0 Å². The van der Waals surface area contributed by atoms with Crippen molar-refractivity contribution in [1.29, 1.82) is 0 Å². The summed E-state index contributed by atoms with van der Waals surface area (Å²) in [5, 5.41) is 0. The van der Waals surface area contributed by atoms with E-state index in [2.05, 4.69) is 15.4 Å². The fourth-order valence-electron chi connectivity index (χ4n) is 1.56. The summed E-state index contributed by atoms with van der Waals surface area (Å²) in [4.78, 5) is 8.23. The van der Waals surface area contributed by atoms with E-state index in [1.807, 2.05) is 20.8 Å². The van der Waals surface area contributed by atoms with Crippen molar-refractivity contribution in [2.45, 2.75) is 32.4 Å². The first kappa shape index (κ1) is 12.0. The summed E-state index contributed by atoms with van der Waals surface area (Å²) >= 11 is 0. The molecule has 1 aromatic rings. The van der Waals surface area contributed by atoms with Gasteiger partial charge >= 0.3 is 0 Å². The Labute approximate surface area is 90.0 Å². The lowest BCUT2D eigenvalue weighted by molar-refractivity contribution is -0.0403. The Kier molecular flexibility index (Phi) is 4.14. The van der Waals surface area contributed by atoms with E-state index in [0.29, 0.717) is 6.61 Å². The van der Waals surface area contributed by atoms with E-state index in [1.54, 1.807) is 18.6 Å². The fourth-order valence-corrected chi connectivity index (χ4v) is 1.56. The van der Waals surface area contributed by atoms with Gasteiger partial charge < -0.3 is 4.74 Å². The smallest absolute Gasteiger partial charge is 0.0931 e. The van der Waals surface area contributed by atoms with E-state index in [-0.39, 0.29) is 6.04 Å². The van der Waals surface area contributed by atoms with Crippen LogP contribution < -0.4 is 11.3 Å². The summed E-state index contributed by atoms with van der Waals surface area (Å²) in [5.41, 5.74) is 3.08. The summed E-state index contributed by atoms with van der Waals surface area (Å²) in [5.74, 6) is 5.52. The second-order valence-corrected chi connectivity index (χ2v) is 3.77. The summed E-state index contributed by atoms with van der Waals surface area (Å²) in [6.45, 7) is 6.52. The number of rotatable bonds is 5. The molecule has 1 unspecified atom stereocenters. The van der Waals surface area contributed by atoms with E-state index < -0.39 is 5.60 Å². The molecule has 0 spiro atoms. The lowest BCUT2D eigenvalue weighted by atomic mass is 9.96. The Morgan fingerprint density at radius 2 is 2.27 bits per heavy atom. The molecule has 5 heteroatoms.